The van der Waals surface area contributed by atoms with E-state index in [9.17, 15) is 5.11 Å². The van der Waals surface area contributed by atoms with Gasteiger partial charge in [0, 0.05) is 6.54 Å². The normalized spacial score (nSPS) is 38.8. The van der Waals surface area contributed by atoms with Gasteiger partial charge in [-0.3, -0.25) is 0 Å². The molecule has 16 heavy (non-hydrogen) atoms. The molecule has 0 aromatic heterocycles. The molecule has 0 bridgehead atoms. The van der Waals surface area contributed by atoms with Crippen molar-refractivity contribution >= 4 is 0 Å². The van der Waals surface area contributed by atoms with Gasteiger partial charge in [-0.2, -0.15) is 0 Å². The molecular weight excluding hydrogens is 198 g/mol. The third kappa shape index (κ3) is 3.21. The van der Waals surface area contributed by atoms with Crippen LogP contribution >= 0.6 is 0 Å². The van der Waals surface area contributed by atoms with E-state index in [4.69, 9.17) is 0 Å². The van der Waals surface area contributed by atoms with Gasteiger partial charge in [-0.1, -0.05) is 13.8 Å². The molecule has 1 aliphatic heterocycles. The van der Waals surface area contributed by atoms with E-state index in [1.165, 1.54) is 38.8 Å². The van der Waals surface area contributed by atoms with Crippen LogP contribution in [0.15, 0.2) is 0 Å². The van der Waals surface area contributed by atoms with E-state index in [0.29, 0.717) is 0 Å². The average molecular weight is 225 g/mol. The Morgan fingerprint density at radius 3 is 2.06 bits per heavy atom. The highest BCUT2D eigenvalue weighted by atomic mass is 16.3. The predicted molar refractivity (Wildman–Crippen MR) is 67.4 cm³/mol. The van der Waals surface area contributed by atoms with Gasteiger partial charge in [0.05, 0.1) is 5.60 Å². The summed E-state index contributed by atoms with van der Waals surface area (Å²) in [6.07, 6.45) is 7.07. The van der Waals surface area contributed by atoms with Crippen LogP contribution in [0, 0.1) is 11.8 Å². The second kappa shape index (κ2) is 5.05. The second-order valence-corrected chi connectivity index (χ2v) is 6.37. The van der Waals surface area contributed by atoms with Crippen molar-refractivity contribution in [2.45, 2.75) is 58.0 Å². The fourth-order valence-corrected chi connectivity index (χ4v) is 3.09. The maximum Gasteiger partial charge on any atom is 0.0774 e. The van der Waals surface area contributed by atoms with Crippen molar-refractivity contribution in [3.8, 4) is 0 Å². The molecule has 0 aromatic rings. The van der Waals surface area contributed by atoms with Crippen molar-refractivity contribution in [3.05, 3.63) is 0 Å². The molecule has 1 heterocycles. The Hall–Kier alpha value is -0.0800. The van der Waals surface area contributed by atoms with Gasteiger partial charge >= 0.3 is 0 Å². The maximum absolute atomic E-state index is 10.6. The highest BCUT2D eigenvalue weighted by molar-refractivity contribution is 4.88. The monoisotopic (exact) mass is 225 g/mol. The molecule has 2 fully saturated rings. The van der Waals surface area contributed by atoms with Crippen molar-refractivity contribution < 1.29 is 5.11 Å². The van der Waals surface area contributed by atoms with E-state index in [1.807, 2.05) is 0 Å². The molecule has 2 heteroatoms. The molecule has 0 radical (unpaired) electrons. The molecule has 1 aliphatic carbocycles. The standard InChI is InChI=1S/C14H27NO/c1-12-3-7-14(16,8-4-12)11-15-9-5-13(2)6-10-15/h12-13,16H,3-11H2,1-2H3. The zero-order valence-corrected chi connectivity index (χ0v) is 10.9. The van der Waals surface area contributed by atoms with Gasteiger partial charge in [-0.15, -0.1) is 0 Å². The first kappa shape index (κ1) is 12.4. The summed E-state index contributed by atoms with van der Waals surface area (Å²) >= 11 is 0. The van der Waals surface area contributed by atoms with Crippen molar-refractivity contribution in [1.29, 1.82) is 0 Å². The third-order valence-corrected chi connectivity index (χ3v) is 4.60. The number of rotatable bonds is 2. The fraction of sp³-hybridized carbons (Fsp3) is 1.00. The van der Waals surface area contributed by atoms with Crippen LogP contribution < -0.4 is 0 Å². The zero-order valence-electron chi connectivity index (χ0n) is 10.9. The summed E-state index contributed by atoms with van der Waals surface area (Å²) in [5.74, 6) is 1.71. The van der Waals surface area contributed by atoms with Crippen LogP contribution in [0.4, 0.5) is 0 Å². The van der Waals surface area contributed by atoms with Crippen LogP contribution in [0.25, 0.3) is 0 Å². The Kier molecular flexibility index (Phi) is 3.91. The van der Waals surface area contributed by atoms with Crippen molar-refractivity contribution in [2.24, 2.45) is 11.8 Å². The Morgan fingerprint density at radius 1 is 1.00 bits per heavy atom. The molecule has 2 nitrogen and oxygen atoms in total. The summed E-state index contributed by atoms with van der Waals surface area (Å²) in [6, 6.07) is 0. The van der Waals surface area contributed by atoms with Gasteiger partial charge in [0.15, 0.2) is 0 Å². The summed E-state index contributed by atoms with van der Waals surface area (Å²) in [6.45, 7) is 7.96. The molecule has 0 spiro atoms. The Balaban J connectivity index is 1.80. The molecule has 1 saturated carbocycles. The van der Waals surface area contributed by atoms with Gasteiger partial charge in [-0.25, -0.2) is 0 Å². The van der Waals surface area contributed by atoms with Gasteiger partial charge in [0.1, 0.15) is 0 Å². The smallest absolute Gasteiger partial charge is 0.0774 e. The van der Waals surface area contributed by atoms with Crippen LogP contribution in [0.1, 0.15) is 52.4 Å². The van der Waals surface area contributed by atoms with Crippen LogP contribution in [-0.4, -0.2) is 35.2 Å². The molecule has 1 N–H and O–H groups in total. The summed E-state index contributed by atoms with van der Waals surface area (Å²) < 4.78 is 0. The molecular formula is C14H27NO. The van der Waals surface area contributed by atoms with Gasteiger partial charge < -0.3 is 10.0 Å². The van der Waals surface area contributed by atoms with Crippen LogP contribution in [0.3, 0.4) is 0 Å². The van der Waals surface area contributed by atoms with Crippen molar-refractivity contribution in [3.63, 3.8) is 0 Å². The Labute approximate surface area is 100 Å². The molecule has 0 amide bonds. The highest BCUT2D eigenvalue weighted by Gasteiger charge is 2.34. The summed E-state index contributed by atoms with van der Waals surface area (Å²) in [7, 11) is 0. The molecule has 0 atom stereocenters. The molecule has 1 saturated heterocycles. The van der Waals surface area contributed by atoms with E-state index in [0.717, 1.165) is 31.2 Å². The first-order valence-electron chi connectivity index (χ1n) is 7.02. The van der Waals surface area contributed by atoms with E-state index in [1.54, 1.807) is 0 Å². The van der Waals surface area contributed by atoms with Crippen LogP contribution in [-0.2, 0) is 0 Å². The van der Waals surface area contributed by atoms with Gasteiger partial charge in [-0.05, 0) is 63.5 Å². The third-order valence-electron chi connectivity index (χ3n) is 4.60. The quantitative estimate of drug-likeness (QED) is 0.781. The van der Waals surface area contributed by atoms with E-state index in [2.05, 4.69) is 18.7 Å². The largest absolute Gasteiger partial charge is 0.389 e. The Bertz CT molecular complexity index is 213. The lowest BCUT2D eigenvalue weighted by Gasteiger charge is -2.40. The van der Waals surface area contributed by atoms with Crippen molar-refractivity contribution in [2.75, 3.05) is 19.6 Å². The first-order chi connectivity index (χ1) is 7.57. The van der Waals surface area contributed by atoms with Gasteiger partial charge in [0.2, 0.25) is 0 Å². The second-order valence-electron chi connectivity index (χ2n) is 6.37. The van der Waals surface area contributed by atoms with E-state index in [-0.39, 0.29) is 5.60 Å². The Morgan fingerprint density at radius 2 is 1.50 bits per heavy atom. The molecule has 2 rings (SSSR count). The fourth-order valence-electron chi connectivity index (χ4n) is 3.09. The number of likely N-dealkylation sites (tertiary alicyclic amines) is 1. The molecule has 94 valence electrons. The minimum Gasteiger partial charge on any atom is -0.389 e. The number of nitrogens with zero attached hydrogens (tertiary/aromatic N) is 1. The van der Waals surface area contributed by atoms with Gasteiger partial charge in [0.25, 0.3) is 0 Å². The zero-order chi connectivity index (χ0) is 11.6. The lowest BCUT2D eigenvalue weighted by molar-refractivity contribution is -0.0404. The maximum atomic E-state index is 10.6. The lowest BCUT2D eigenvalue weighted by Crippen LogP contribution is -2.47. The summed E-state index contributed by atoms with van der Waals surface area (Å²) in [5, 5.41) is 10.6. The number of hydrogen-bond donors (Lipinski definition) is 1. The molecule has 0 unspecified atom stereocenters. The lowest BCUT2D eigenvalue weighted by atomic mass is 9.79. The summed E-state index contributed by atoms with van der Waals surface area (Å²) in [4.78, 5) is 2.48. The van der Waals surface area contributed by atoms with E-state index < -0.39 is 0 Å². The number of β-amino-alcohol motifs (C(OH)–C–C–N with tert-alkyl or cyclic N) is 1. The molecule has 0 aromatic carbocycles. The minimum absolute atomic E-state index is 0.368. The summed E-state index contributed by atoms with van der Waals surface area (Å²) in [5.41, 5.74) is -0.368. The number of hydrogen-bond acceptors (Lipinski definition) is 2. The highest BCUT2D eigenvalue weighted by Crippen LogP contribution is 2.33. The minimum atomic E-state index is -0.368. The van der Waals surface area contributed by atoms with Crippen molar-refractivity contribution in [1.82, 2.24) is 4.90 Å². The van der Waals surface area contributed by atoms with E-state index >= 15 is 0 Å². The SMILES string of the molecule is CC1CCN(CC2(O)CCC(C)CC2)CC1. The van der Waals surface area contributed by atoms with Crippen LogP contribution in [0.5, 0.6) is 0 Å². The van der Waals surface area contributed by atoms with Crippen LogP contribution in [0.2, 0.25) is 0 Å². The predicted octanol–water partition coefficient (Wildman–Crippen LogP) is 2.66. The first-order valence-corrected chi connectivity index (χ1v) is 7.02. The molecule has 2 aliphatic rings. The average Bonchev–Trinajstić information content (AvgIpc) is 2.27. The topological polar surface area (TPSA) is 23.5 Å². The number of piperidine rings is 1. The number of aliphatic hydroxyl groups is 1.